The molecule has 0 aromatic heterocycles. The lowest BCUT2D eigenvalue weighted by Crippen LogP contribution is -2.57. The zero-order chi connectivity index (χ0) is 12.0. The molecule has 2 amide bonds. The summed E-state index contributed by atoms with van der Waals surface area (Å²) in [6, 6.07) is 1.89. The minimum absolute atomic E-state index is 0.195. The van der Waals surface area contributed by atoms with E-state index >= 15 is 0 Å². The lowest BCUT2D eigenvalue weighted by molar-refractivity contribution is -0.140. The van der Waals surface area contributed by atoms with Crippen LogP contribution < -0.4 is 5.32 Å². The monoisotopic (exact) mass is 223 g/mol. The van der Waals surface area contributed by atoms with E-state index in [0.717, 1.165) is 12.8 Å². The molecule has 0 radical (unpaired) electrons. The normalized spacial score (nSPS) is 21.6. The first-order valence-corrected chi connectivity index (χ1v) is 5.63. The Balaban J connectivity index is 2.45. The highest BCUT2D eigenvalue weighted by atomic mass is 16.2. The number of nitriles is 1. The predicted molar refractivity (Wildman–Crippen MR) is 58.3 cm³/mol. The molecule has 0 aliphatic carbocycles. The van der Waals surface area contributed by atoms with Crippen LogP contribution in [0.2, 0.25) is 0 Å². The van der Waals surface area contributed by atoms with E-state index in [4.69, 9.17) is 5.26 Å². The van der Waals surface area contributed by atoms with Crippen molar-refractivity contribution in [2.24, 2.45) is 0 Å². The number of hydrogen-bond acceptors (Lipinski definition) is 4. The van der Waals surface area contributed by atoms with E-state index in [9.17, 15) is 9.59 Å². The lowest BCUT2D eigenvalue weighted by atomic mass is 10.1. The van der Waals surface area contributed by atoms with E-state index in [2.05, 4.69) is 11.4 Å². The molecule has 16 heavy (non-hydrogen) atoms. The summed E-state index contributed by atoms with van der Waals surface area (Å²) in [7, 11) is 0. The highest BCUT2D eigenvalue weighted by molar-refractivity contribution is 6.01. The van der Waals surface area contributed by atoms with Gasteiger partial charge in [-0.2, -0.15) is 5.26 Å². The summed E-state index contributed by atoms with van der Waals surface area (Å²) in [4.78, 5) is 24.6. The lowest BCUT2D eigenvalue weighted by Gasteiger charge is -2.33. The van der Waals surface area contributed by atoms with E-state index in [1.54, 1.807) is 0 Å². The number of piperazine rings is 1. The van der Waals surface area contributed by atoms with Gasteiger partial charge in [-0.1, -0.05) is 6.92 Å². The molecule has 0 aromatic rings. The molecule has 0 spiro atoms. The number of carbonyl (C=O) groups is 2. The summed E-state index contributed by atoms with van der Waals surface area (Å²) in [6.07, 6.45) is 2.91. The van der Waals surface area contributed by atoms with Crippen LogP contribution >= 0.6 is 0 Å². The quantitative estimate of drug-likeness (QED) is 0.541. The fourth-order valence-corrected chi connectivity index (χ4v) is 1.92. The number of carbonyl (C=O) groups excluding carboxylic acids is 2. The van der Waals surface area contributed by atoms with Crippen LogP contribution in [0.15, 0.2) is 0 Å². The number of unbranched alkanes of at least 4 members (excludes halogenated alkanes) is 2. The van der Waals surface area contributed by atoms with Gasteiger partial charge in [0.05, 0.1) is 18.7 Å². The topological polar surface area (TPSA) is 73.2 Å². The maximum atomic E-state index is 11.5. The van der Waals surface area contributed by atoms with Crippen LogP contribution in [0.3, 0.4) is 0 Å². The standard InChI is InChI=1S/C11H17N3O2/c1-2-9-11(16)13-10(15)8-14(9)7-5-3-4-6-12/h9H,2-5,7-8H2,1H3,(H,13,15,16). The van der Waals surface area contributed by atoms with E-state index in [1.807, 2.05) is 11.8 Å². The number of nitrogens with one attached hydrogen (secondary N) is 1. The van der Waals surface area contributed by atoms with Gasteiger partial charge in [-0.15, -0.1) is 0 Å². The SMILES string of the molecule is CCC1C(=O)NC(=O)CN1CCCCC#N. The molecule has 5 nitrogen and oxygen atoms in total. The van der Waals surface area contributed by atoms with Gasteiger partial charge in [0, 0.05) is 6.42 Å². The molecule has 0 bridgehead atoms. The maximum Gasteiger partial charge on any atom is 0.243 e. The van der Waals surface area contributed by atoms with Gasteiger partial charge in [0.25, 0.3) is 0 Å². The molecule has 1 aliphatic rings. The fourth-order valence-electron chi connectivity index (χ4n) is 1.92. The van der Waals surface area contributed by atoms with E-state index in [0.29, 0.717) is 19.4 Å². The Morgan fingerprint density at radius 3 is 2.88 bits per heavy atom. The first-order valence-electron chi connectivity index (χ1n) is 5.63. The van der Waals surface area contributed by atoms with Gasteiger partial charge in [-0.3, -0.25) is 19.8 Å². The molecule has 1 heterocycles. The van der Waals surface area contributed by atoms with E-state index < -0.39 is 0 Å². The molecule has 1 atom stereocenters. The van der Waals surface area contributed by atoms with Crippen molar-refractivity contribution < 1.29 is 9.59 Å². The van der Waals surface area contributed by atoms with Gasteiger partial charge in [-0.25, -0.2) is 0 Å². The Labute approximate surface area is 95.4 Å². The Morgan fingerprint density at radius 2 is 2.25 bits per heavy atom. The molecule has 0 saturated carbocycles. The molecule has 88 valence electrons. The molecule has 1 rings (SSSR count). The molecular formula is C11H17N3O2. The summed E-state index contributed by atoms with van der Waals surface area (Å²) in [5.41, 5.74) is 0. The first-order chi connectivity index (χ1) is 7.69. The van der Waals surface area contributed by atoms with Gasteiger partial charge >= 0.3 is 0 Å². The van der Waals surface area contributed by atoms with Crippen LogP contribution in [0.25, 0.3) is 0 Å². The Bertz CT molecular complexity index is 309. The third-order valence-electron chi connectivity index (χ3n) is 2.72. The molecule has 0 aromatic carbocycles. The minimum atomic E-state index is -0.227. The zero-order valence-electron chi connectivity index (χ0n) is 9.53. The summed E-state index contributed by atoms with van der Waals surface area (Å²) in [5.74, 6) is -0.422. The Kier molecular flexibility index (Phi) is 4.93. The second-order valence-corrected chi connectivity index (χ2v) is 3.92. The number of nitrogens with zero attached hydrogens (tertiary/aromatic N) is 2. The van der Waals surface area contributed by atoms with E-state index in [1.165, 1.54) is 0 Å². The third-order valence-corrected chi connectivity index (χ3v) is 2.72. The highest BCUT2D eigenvalue weighted by Gasteiger charge is 2.31. The second kappa shape index (κ2) is 6.23. The van der Waals surface area contributed by atoms with Crippen molar-refractivity contribution in [3.8, 4) is 6.07 Å². The van der Waals surface area contributed by atoms with Crippen molar-refractivity contribution >= 4 is 11.8 Å². The average Bonchev–Trinajstić information content (AvgIpc) is 2.24. The number of amides is 2. The smallest absolute Gasteiger partial charge is 0.243 e. The Hall–Kier alpha value is -1.41. The van der Waals surface area contributed by atoms with E-state index in [-0.39, 0.29) is 24.4 Å². The third kappa shape index (κ3) is 3.31. The average molecular weight is 223 g/mol. The predicted octanol–water partition coefficient (Wildman–Crippen LogP) is 0.417. The fraction of sp³-hybridized carbons (Fsp3) is 0.727. The van der Waals surface area contributed by atoms with Crippen LogP contribution in [-0.4, -0.2) is 35.8 Å². The van der Waals surface area contributed by atoms with Crippen molar-refractivity contribution in [2.75, 3.05) is 13.1 Å². The molecule has 1 saturated heterocycles. The largest absolute Gasteiger partial charge is 0.294 e. The summed E-state index contributed by atoms with van der Waals surface area (Å²) in [6.45, 7) is 2.93. The van der Waals surface area contributed by atoms with Gasteiger partial charge < -0.3 is 0 Å². The molecule has 1 unspecified atom stereocenters. The number of hydrogen-bond donors (Lipinski definition) is 1. The number of imide groups is 1. The summed E-state index contributed by atoms with van der Waals surface area (Å²) >= 11 is 0. The van der Waals surface area contributed by atoms with Gasteiger partial charge in [0.1, 0.15) is 0 Å². The van der Waals surface area contributed by atoms with Crippen molar-refractivity contribution in [3.63, 3.8) is 0 Å². The van der Waals surface area contributed by atoms with Crippen LogP contribution in [0, 0.1) is 11.3 Å². The van der Waals surface area contributed by atoms with Crippen LogP contribution in [-0.2, 0) is 9.59 Å². The molecule has 5 heteroatoms. The summed E-state index contributed by atoms with van der Waals surface area (Å²) in [5, 5.41) is 10.7. The van der Waals surface area contributed by atoms with Crippen molar-refractivity contribution in [3.05, 3.63) is 0 Å². The molecule has 1 N–H and O–H groups in total. The molecule has 1 fully saturated rings. The summed E-state index contributed by atoms with van der Waals surface area (Å²) < 4.78 is 0. The zero-order valence-corrected chi connectivity index (χ0v) is 9.53. The Morgan fingerprint density at radius 1 is 1.50 bits per heavy atom. The molecular weight excluding hydrogens is 206 g/mol. The minimum Gasteiger partial charge on any atom is -0.294 e. The van der Waals surface area contributed by atoms with Gasteiger partial charge in [0.2, 0.25) is 11.8 Å². The maximum absolute atomic E-state index is 11.5. The van der Waals surface area contributed by atoms with Gasteiger partial charge in [0.15, 0.2) is 0 Å². The molecule has 1 aliphatic heterocycles. The first kappa shape index (κ1) is 12.7. The van der Waals surface area contributed by atoms with Crippen LogP contribution in [0.5, 0.6) is 0 Å². The van der Waals surface area contributed by atoms with Crippen molar-refractivity contribution in [2.45, 2.75) is 38.6 Å². The number of rotatable bonds is 5. The van der Waals surface area contributed by atoms with Crippen molar-refractivity contribution in [1.82, 2.24) is 10.2 Å². The second-order valence-electron chi connectivity index (χ2n) is 3.92. The highest BCUT2D eigenvalue weighted by Crippen LogP contribution is 2.10. The van der Waals surface area contributed by atoms with Crippen LogP contribution in [0.1, 0.15) is 32.6 Å². The van der Waals surface area contributed by atoms with Crippen molar-refractivity contribution in [1.29, 1.82) is 5.26 Å². The van der Waals surface area contributed by atoms with Gasteiger partial charge in [-0.05, 0) is 25.8 Å². The van der Waals surface area contributed by atoms with Crippen LogP contribution in [0.4, 0.5) is 0 Å².